The third kappa shape index (κ3) is 2.84. The molecule has 0 bridgehead atoms. The third-order valence-electron chi connectivity index (χ3n) is 4.04. The lowest BCUT2D eigenvalue weighted by atomic mass is 10.0. The summed E-state index contributed by atoms with van der Waals surface area (Å²) in [6, 6.07) is 16.1. The summed E-state index contributed by atoms with van der Waals surface area (Å²) in [7, 11) is 0. The van der Waals surface area contributed by atoms with Crippen LogP contribution in [0.25, 0.3) is 11.0 Å². The lowest BCUT2D eigenvalue weighted by molar-refractivity contribution is 0.103. The van der Waals surface area contributed by atoms with E-state index in [-0.39, 0.29) is 5.78 Å². The molecule has 6 heteroatoms. The van der Waals surface area contributed by atoms with Crippen LogP contribution >= 0.6 is 0 Å². The largest absolute Gasteiger partial charge is 0.345 e. The molecule has 0 atom stereocenters. The number of hydrogen-bond acceptors (Lipinski definition) is 5. The Hall–Kier alpha value is -3.80. The number of nitrogens with zero attached hydrogens (tertiary/aromatic N) is 2. The van der Waals surface area contributed by atoms with E-state index >= 15 is 0 Å². The van der Waals surface area contributed by atoms with Crippen LogP contribution < -0.4 is 5.32 Å². The Morgan fingerprint density at radius 3 is 2.69 bits per heavy atom. The molecule has 2 N–H and O–H groups in total. The Kier molecular flexibility index (Phi) is 3.99. The fraction of sp³-hybridized carbons (Fsp3) is 0. The van der Waals surface area contributed by atoms with Gasteiger partial charge in [-0.05, 0) is 12.1 Å². The van der Waals surface area contributed by atoms with Crippen LogP contribution in [0.15, 0.2) is 67.1 Å². The molecule has 0 aliphatic rings. The summed E-state index contributed by atoms with van der Waals surface area (Å²) in [5, 5.41) is 3.78. The number of nitrogens with one attached hydrogen (secondary N) is 2. The van der Waals surface area contributed by atoms with Gasteiger partial charge in [-0.15, -0.1) is 0 Å². The standard InChI is InChI=1S/C20H14N4O2/c25-11-13-5-4-8-15(9-13)24-20-17-16(10-21-19(17)22-12-23-20)18(26)14-6-2-1-3-7-14/h1-12H,(H2,21,22,23,24). The number of carbonyl (C=O) groups is 2. The van der Waals surface area contributed by atoms with Crippen molar-refractivity contribution in [3.05, 3.63) is 83.8 Å². The molecule has 2 aromatic carbocycles. The monoisotopic (exact) mass is 342 g/mol. The van der Waals surface area contributed by atoms with E-state index in [1.165, 1.54) is 6.33 Å². The SMILES string of the molecule is O=Cc1cccc(Nc2ncnc3[nH]cc(C(=O)c4ccccc4)c23)c1. The first-order chi connectivity index (χ1) is 12.8. The highest BCUT2D eigenvalue weighted by atomic mass is 16.1. The lowest BCUT2D eigenvalue weighted by Crippen LogP contribution is -2.02. The molecule has 26 heavy (non-hydrogen) atoms. The highest BCUT2D eigenvalue weighted by Gasteiger charge is 2.18. The van der Waals surface area contributed by atoms with Crippen LogP contribution in [0.3, 0.4) is 0 Å². The summed E-state index contributed by atoms with van der Waals surface area (Å²) in [6.07, 6.45) is 3.84. The number of hydrogen-bond donors (Lipinski definition) is 2. The zero-order valence-electron chi connectivity index (χ0n) is 13.6. The second-order valence-electron chi connectivity index (χ2n) is 5.71. The molecule has 0 unspecified atom stereocenters. The number of aldehydes is 1. The zero-order chi connectivity index (χ0) is 17.9. The van der Waals surface area contributed by atoms with E-state index < -0.39 is 0 Å². The Bertz CT molecular complexity index is 1100. The number of carbonyl (C=O) groups excluding carboxylic acids is 2. The van der Waals surface area contributed by atoms with E-state index in [0.29, 0.717) is 39.2 Å². The van der Waals surface area contributed by atoms with Crippen molar-refractivity contribution in [2.24, 2.45) is 0 Å². The van der Waals surface area contributed by atoms with Gasteiger partial charge in [0, 0.05) is 23.0 Å². The summed E-state index contributed by atoms with van der Waals surface area (Å²) in [5.74, 6) is 0.384. The fourth-order valence-electron chi connectivity index (χ4n) is 2.81. The van der Waals surface area contributed by atoms with Gasteiger partial charge in [0.1, 0.15) is 24.1 Å². The van der Waals surface area contributed by atoms with E-state index in [1.54, 1.807) is 36.5 Å². The summed E-state index contributed by atoms with van der Waals surface area (Å²) in [6.45, 7) is 0. The van der Waals surface area contributed by atoms with Crippen molar-refractivity contribution in [2.45, 2.75) is 0 Å². The number of rotatable bonds is 5. The van der Waals surface area contributed by atoms with Crippen molar-refractivity contribution in [3.63, 3.8) is 0 Å². The molecule has 2 aromatic heterocycles. The molecule has 0 aliphatic carbocycles. The van der Waals surface area contributed by atoms with E-state index in [4.69, 9.17) is 0 Å². The molecular formula is C20H14N4O2. The number of aromatic amines is 1. The van der Waals surface area contributed by atoms with Gasteiger partial charge >= 0.3 is 0 Å². The topological polar surface area (TPSA) is 87.7 Å². The molecule has 4 rings (SSSR count). The summed E-state index contributed by atoms with van der Waals surface area (Å²) in [5.41, 5.74) is 2.89. The summed E-state index contributed by atoms with van der Waals surface area (Å²) >= 11 is 0. The van der Waals surface area contributed by atoms with Crippen LogP contribution in [0, 0.1) is 0 Å². The Morgan fingerprint density at radius 2 is 1.88 bits per heavy atom. The maximum atomic E-state index is 12.9. The van der Waals surface area contributed by atoms with E-state index in [0.717, 1.165) is 6.29 Å². The second kappa shape index (κ2) is 6.60. The number of aromatic nitrogens is 3. The first-order valence-electron chi connectivity index (χ1n) is 8.00. The number of ketones is 1. The van der Waals surface area contributed by atoms with Crippen LogP contribution in [0.1, 0.15) is 26.3 Å². The minimum atomic E-state index is -0.114. The second-order valence-corrected chi connectivity index (χ2v) is 5.71. The van der Waals surface area contributed by atoms with Gasteiger partial charge in [0.25, 0.3) is 0 Å². The predicted octanol–water partition coefficient (Wildman–Crippen LogP) is 3.75. The molecular weight excluding hydrogens is 328 g/mol. The van der Waals surface area contributed by atoms with Gasteiger partial charge in [-0.25, -0.2) is 9.97 Å². The average molecular weight is 342 g/mol. The quantitative estimate of drug-likeness (QED) is 0.426. The lowest BCUT2D eigenvalue weighted by Gasteiger charge is -2.08. The maximum Gasteiger partial charge on any atom is 0.195 e. The van der Waals surface area contributed by atoms with Crippen molar-refractivity contribution >= 4 is 34.6 Å². The molecule has 0 saturated heterocycles. The van der Waals surface area contributed by atoms with E-state index in [2.05, 4.69) is 20.3 Å². The molecule has 0 saturated carbocycles. The van der Waals surface area contributed by atoms with Crippen LogP contribution in [0.4, 0.5) is 11.5 Å². The first-order valence-corrected chi connectivity index (χ1v) is 8.00. The first kappa shape index (κ1) is 15.7. The van der Waals surface area contributed by atoms with Crippen molar-refractivity contribution in [2.75, 3.05) is 5.32 Å². The van der Waals surface area contributed by atoms with Gasteiger partial charge in [-0.2, -0.15) is 0 Å². The van der Waals surface area contributed by atoms with Crippen molar-refractivity contribution in [3.8, 4) is 0 Å². The molecule has 0 fully saturated rings. The van der Waals surface area contributed by atoms with Crippen LogP contribution in [0.2, 0.25) is 0 Å². The number of fused-ring (bicyclic) bond motifs is 1. The molecule has 2 heterocycles. The Morgan fingerprint density at radius 1 is 1.04 bits per heavy atom. The number of benzene rings is 2. The van der Waals surface area contributed by atoms with E-state index in [9.17, 15) is 9.59 Å². The smallest absolute Gasteiger partial charge is 0.195 e. The molecule has 0 radical (unpaired) electrons. The van der Waals surface area contributed by atoms with Gasteiger partial charge in [0.2, 0.25) is 0 Å². The normalized spacial score (nSPS) is 10.6. The summed E-state index contributed by atoms with van der Waals surface area (Å²) in [4.78, 5) is 35.4. The Balaban J connectivity index is 1.79. The average Bonchev–Trinajstić information content (AvgIpc) is 3.13. The highest BCUT2D eigenvalue weighted by molar-refractivity contribution is 6.18. The molecule has 6 nitrogen and oxygen atoms in total. The predicted molar refractivity (Wildman–Crippen MR) is 98.9 cm³/mol. The minimum absolute atomic E-state index is 0.114. The van der Waals surface area contributed by atoms with Crippen LogP contribution in [-0.2, 0) is 0 Å². The highest BCUT2D eigenvalue weighted by Crippen LogP contribution is 2.28. The van der Waals surface area contributed by atoms with Gasteiger partial charge in [-0.1, -0.05) is 42.5 Å². The van der Waals surface area contributed by atoms with Gasteiger partial charge in [0.05, 0.1) is 10.9 Å². The van der Waals surface area contributed by atoms with Crippen LogP contribution in [0.5, 0.6) is 0 Å². The zero-order valence-corrected chi connectivity index (χ0v) is 13.6. The van der Waals surface area contributed by atoms with Gasteiger partial charge in [-0.3, -0.25) is 9.59 Å². The van der Waals surface area contributed by atoms with Crippen molar-refractivity contribution < 1.29 is 9.59 Å². The molecule has 0 aliphatic heterocycles. The van der Waals surface area contributed by atoms with E-state index in [1.807, 2.05) is 24.3 Å². The number of anilines is 2. The Labute approximate surface area is 148 Å². The van der Waals surface area contributed by atoms with Gasteiger partial charge < -0.3 is 10.3 Å². The van der Waals surface area contributed by atoms with Crippen molar-refractivity contribution in [1.82, 2.24) is 15.0 Å². The molecule has 0 spiro atoms. The molecule has 126 valence electrons. The number of H-pyrrole nitrogens is 1. The fourth-order valence-corrected chi connectivity index (χ4v) is 2.81. The minimum Gasteiger partial charge on any atom is -0.345 e. The maximum absolute atomic E-state index is 12.9. The third-order valence-corrected chi connectivity index (χ3v) is 4.04. The summed E-state index contributed by atoms with van der Waals surface area (Å²) < 4.78 is 0. The van der Waals surface area contributed by atoms with Crippen LogP contribution in [-0.4, -0.2) is 27.0 Å². The molecule has 0 amide bonds. The molecule has 4 aromatic rings. The van der Waals surface area contributed by atoms with Gasteiger partial charge in [0.15, 0.2) is 5.78 Å². The van der Waals surface area contributed by atoms with Crippen molar-refractivity contribution in [1.29, 1.82) is 0 Å².